The van der Waals surface area contributed by atoms with E-state index in [1.807, 2.05) is 13.8 Å². The van der Waals surface area contributed by atoms with Crippen LogP contribution in [-0.4, -0.2) is 33.7 Å². The third-order valence-corrected chi connectivity index (χ3v) is 4.07. The van der Waals surface area contributed by atoms with Crippen molar-refractivity contribution in [2.24, 2.45) is 0 Å². The lowest BCUT2D eigenvalue weighted by atomic mass is 9.92. The van der Waals surface area contributed by atoms with Gasteiger partial charge < -0.3 is 9.84 Å². The second-order valence-corrected chi connectivity index (χ2v) is 6.61. The van der Waals surface area contributed by atoms with Crippen molar-refractivity contribution in [1.29, 1.82) is 0 Å². The molecule has 0 aromatic carbocycles. The van der Waals surface area contributed by atoms with E-state index in [0.29, 0.717) is 11.0 Å². The van der Waals surface area contributed by atoms with Crippen molar-refractivity contribution in [3.8, 4) is 5.88 Å². The zero-order chi connectivity index (χ0) is 16.6. The summed E-state index contributed by atoms with van der Waals surface area (Å²) < 4.78 is 5.84. The van der Waals surface area contributed by atoms with Gasteiger partial charge in [0.1, 0.15) is 11.3 Å². The minimum absolute atomic E-state index is 0.145. The number of fused-ring (bicyclic) bond motifs is 1. The van der Waals surface area contributed by atoms with Gasteiger partial charge in [-0.2, -0.15) is 0 Å². The molecule has 3 rings (SSSR count). The van der Waals surface area contributed by atoms with E-state index >= 15 is 0 Å². The van der Waals surface area contributed by atoms with Crippen LogP contribution in [0.25, 0.3) is 10.8 Å². The number of hydrogen-bond acceptors (Lipinski definition) is 5. The first-order chi connectivity index (χ1) is 10.9. The van der Waals surface area contributed by atoms with E-state index in [9.17, 15) is 4.79 Å². The largest absolute Gasteiger partial charge is 0.480 e. The highest BCUT2D eigenvalue weighted by Gasteiger charge is 2.28. The molecule has 0 saturated heterocycles. The summed E-state index contributed by atoms with van der Waals surface area (Å²) in [6, 6.07) is 1.76. The first-order valence-electron chi connectivity index (χ1n) is 7.45. The molecule has 1 aliphatic carbocycles. The van der Waals surface area contributed by atoms with Crippen LogP contribution < -0.4 is 10.1 Å². The average Bonchev–Trinajstić information content (AvgIpc) is 3.29. The minimum atomic E-state index is -0.913. The van der Waals surface area contributed by atoms with Crippen molar-refractivity contribution in [2.75, 3.05) is 6.54 Å². The molecule has 6 nitrogen and oxygen atoms in total. The van der Waals surface area contributed by atoms with E-state index in [-0.39, 0.29) is 12.6 Å². The Labute approximate surface area is 138 Å². The van der Waals surface area contributed by atoms with Crippen LogP contribution in [0.3, 0.4) is 0 Å². The lowest BCUT2D eigenvalue weighted by Gasteiger charge is -2.27. The summed E-state index contributed by atoms with van der Waals surface area (Å²) in [6.07, 6.45) is 5.67. The number of nitrogens with one attached hydrogen (secondary N) is 1. The van der Waals surface area contributed by atoms with Crippen LogP contribution in [0.4, 0.5) is 0 Å². The number of rotatable bonds is 6. The van der Waals surface area contributed by atoms with Crippen LogP contribution in [0.15, 0.2) is 18.5 Å². The Kier molecular flexibility index (Phi) is 4.12. The molecule has 2 N–H and O–H groups in total. The molecule has 2 aromatic rings. The van der Waals surface area contributed by atoms with Crippen LogP contribution in [-0.2, 0) is 10.3 Å². The molecule has 0 radical (unpaired) electrons. The summed E-state index contributed by atoms with van der Waals surface area (Å²) in [4.78, 5) is 19.4. The molecule has 2 aromatic heterocycles. The van der Waals surface area contributed by atoms with E-state index in [1.165, 1.54) is 0 Å². The third kappa shape index (κ3) is 3.54. The monoisotopic (exact) mass is 335 g/mol. The molecule has 122 valence electrons. The first kappa shape index (κ1) is 16.0. The number of carboxylic acids is 1. The van der Waals surface area contributed by atoms with Gasteiger partial charge in [-0.1, -0.05) is 11.6 Å². The molecule has 0 amide bonds. The van der Waals surface area contributed by atoms with Crippen molar-refractivity contribution in [1.82, 2.24) is 15.3 Å². The molecule has 7 heteroatoms. The van der Waals surface area contributed by atoms with Gasteiger partial charge in [0.15, 0.2) is 0 Å². The molecule has 0 unspecified atom stereocenters. The van der Waals surface area contributed by atoms with E-state index in [0.717, 1.165) is 29.2 Å². The maximum atomic E-state index is 10.8. The Morgan fingerprint density at radius 1 is 1.39 bits per heavy atom. The van der Waals surface area contributed by atoms with E-state index < -0.39 is 11.5 Å². The smallest absolute Gasteiger partial charge is 0.317 e. The van der Waals surface area contributed by atoms with Gasteiger partial charge >= 0.3 is 5.97 Å². The van der Waals surface area contributed by atoms with Crippen molar-refractivity contribution in [3.05, 3.63) is 29.2 Å². The Bertz CT molecular complexity index is 760. The SMILES string of the molecule is CC(C)(NCC(=O)O)c1cnc(OC2CC2)c2cnc(Cl)cc12. The Balaban J connectivity index is 2.05. The highest BCUT2D eigenvalue weighted by atomic mass is 35.5. The van der Waals surface area contributed by atoms with E-state index in [2.05, 4.69) is 15.3 Å². The van der Waals surface area contributed by atoms with Crippen LogP contribution >= 0.6 is 11.6 Å². The molecule has 2 heterocycles. The van der Waals surface area contributed by atoms with Crippen LogP contribution in [0, 0.1) is 0 Å². The van der Waals surface area contributed by atoms with Gasteiger partial charge in [0, 0.05) is 17.9 Å². The zero-order valence-corrected chi connectivity index (χ0v) is 13.7. The number of ether oxygens (including phenoxy) is 1. The summed E-state index contributed by atoms with van der Waals surface area (Å²) in [6.45, 7) is 3.66. The van der Waals surface area contributed by atoms with Crippen molar-refractivity contribution >= 4 is 28.3 Å². The standard InChI is InChI=1S/C16H18ClN3O3/c1-16(2,20-8-14(21)22)12-7-19-15(23-9-3-4-9)11-6-18-13(17)5-10(11)12/h5-7,9,20H,3-4,8H2,1-2H3,(H,21,22). The highest BCUT2D eigenvalue weighted by Crippen LogP contribution is 2.35. The summed E-state index contributed by atoms with van der Waals surface area (Å²) in [7, 11) is 0. The van der Waals surface area contributed by atoms with Gasteiger partial charge in [0.25, 0.3) is 0 Å². The van der Waals surface area contributed by atoms with Gasteiger partial charge in [-0.05, 0) is 43.7 Å². The molecule has 1 aliphatic rings. The molecule has 0 spiro atoms. The molecule has 0 bridgehead atoms. The van der Waals surface area contributed by atoms with Gasteiger partial charge in [-0.3, -0.25) is 10.1 Å². The maximum Gasteiger partial charge on any atom is 0.317 e. The van der Waals surface area contributed by atoms with Gasteiger partial charge in [0.2, 0.25) is 5.88 Å². The number of pyridine rings is 2. The lowest BCUT2D eigenvalue weighted by molar-refractivity contribution is -0.136. The second-order valence-electron chi connectivity index (χ2n) is 6.22. The maximum absolute atomic E-state index is 10.8. The normalized spacial score (nSPS) is 14.9. The fraction of sp³-hybridized carbons (Fsp3) is 0.438. The minimum Gasteiger partial charge on any atom is -0.480 e. The first-order valence-corrected chi connectivity index (χ1v) is 7.83. The quantitative estimate of drug-likeness (QED) is 0.790. The summed E-state index contributed by atoms with van der Waals surface area (Å²) in [5, 5.41) is 13.9. The second kappa shape index (κ2) is 5.94. The summed E-state index contributed by atoms with van der Waals surface area (Å²) in [5.41, 5.74) is 0.257. The number of nitrogens with zero attached hydrogens (tertiary/aromatic N) is 2. The fourth-order valence-corrected chi connectivity index (χ4v) is 2.57. The molecule has 1 saturated carbocycles. The van der Waals surface area contributed by atoms with Crippen LogP contribution in [0.2, 0.25) is 5.15 Å². The van der Waals surface area contributed by atoms with E-state index in [4.69, 9.17) is 21.4 Å². The molecule has 0 aliphatic heterocycles. The number of hydrogen-bond donors (Lipinski definition) is 2. The lowest BCUT2D eigenvalue weighted by Crippen LogP contribution is -2.40. The Morgan fingerprint density at radius 3 is 2.78 bits per heavy atom. The number of halogens is 1. The molecular formula is C16H18ClN3O3. The molecular weight excluding hydrogens is 318 g/mol. The van der Waals surface area contributed by atoms with Crippen molar-refractivity contribution in [3.63, 3.8) is 0 Å². The molecule has 23 heavy (non-hydrogen) atoms. The van der Waals surface area contributed by atoms with E-state index in [1.54, 1.807) is 18.5 Å². The number of aliphatic carboxylic acids is 1. The predicted octanol–water partition coefficient (Wildman–Crippen LogP) is 2.73. The summed E-state index contributed by atoms with van der Waals surface area (Å²) in [5.74, 6) is -0.367. The number of aromatic nitrogens is 2. The third-order valence-electron chi connectivity index (χ3n) is 3.86. The van der Waals surface area contributed by atoms with Crippen molar-refractivity contribution < 1.29 is 14.6 Å². The van der Waals surface area contributed by atoms with Crippen LogP contribution in [0.1, 0.15) is 32.3 Å². The molecule has 1 fully saturated rings. The Hall–Kier alpha value is -1.92. The summed E-state index contributed by atoms with van der Waals surface area (Å²) >= 11 is 6.05. The number of carbonyl (C=O) groups is 1. The predicted molar refractivity (Wildman–Crippen MR) is 86.9 cm³/mol. The fourth-order valence-electron chi connectivity index (χ4n) is 2.41. The topological polar surface area (TPSA) is 84.3 Å². The average molecular weight is 336 g/mol. The van der Waals surface area contributed by atoms with Gasteiger partial charge in [-0.25, -0.2) is 9.97 Å². The van der Waals surface area contributed by atoms with Crippen molar-refractivity contribution in [2.45, 2.75) is 38.3 Å². The molecule has 0 atom stereocenters. The zero-order valence-electron chi connectivity index (χ0n) is 13.0. The van der Waals surface area contributed by atoms with Gasteiger partial charge in [-0.15, -0.1) is 0 Å². The highest BCUT2D eigenvalue weighted by molar-refractivity contribution is 6.30. The van der Waals surface area contributed by atoms with Crippen LogP contribution in [0.5, 0.6) is 5.88 Å². The Morgan fingerprint density at radius 2 is 2.13 bits per heavy atom. The number of carboxylic acid groups (broad SMARTS) is 1. The van der Waals surface area contributed by atoms with Gasteiger partial charge in [0.05, 0.1) is 11.9 Å².